The first-order valence-corrected chi connectivity index (χ1v) is 5.88. The summed E-state index contributed by atoms with van der Waals surface area (Å²) in [4.78, 5) is 40.0. The normalized spacial score (nSPS) is 20.2. The molecule has 5 heteroatoms. The Morgan fingerprint density at radius 3 is 2.33 bits per heavy atom. The molecule has 18 heavy (non-hydrogen) atoms. The summed E-state index contributed by atoms with van der Waals surface area (Å²) in [5, 5.41) is 0. The van der Waals surface area contributed by atoms with Gasteiger partial charge in [-0.3, -0.25) is 14.4 Å². The van der Waals surface area contributed by atoms with Crippen LogP contribution in [0.2, 0.25) is 0 Å². The molecular weight excluding hydrogens is 232 g/mol. The number of hydrogen-bond acceptors (Lipinski definition) is 4. The highest BCUT2D eigenvalue weighted by Crippen LogP contribution is 2.34. The summed E-state index contributed by atoms with van der Waals surface area (Å²) in [6, 6.07) is 0. The van der Waals surface area contributed by atoms with E-state index in [-0.39, 0.29) is 35.5 Å². The first-order chi connectivity index (χ1) is 8.30. The van der Waals surface area contributed by atoms with Crippen LogP contribution >= 0.6 is 0 Å². The summed E-state index contributed by atoms with van der Waals surface area (Å²) in [5.74, 6) is -2.19. The van der Waals surface area contributed by atoms with Crippen molar-refractivity contribution in [2.75, 3.05) is 0 Å². The van der Waals surface area contributed by atoms with Crippen molar-refractivity contribution >= 4 is 17.3 Å². The van der Waals surface area contributed by atoms with Gasteiger partial charge in [-0.05, 0) is 5.41 Å². The maximum absolute atomic E-state index is 12.1. The summed E-state index contributed by atoms with van der Waals surface area (Å²) in [6.07, 6.45) is 3.54. The topological polar surface area (TPSA) is 69.0 Å². The lowest BCUT2D eigenvalue weighted by atomic mass is 9.70. The second-order valence-corrected chi connectivity index (χ2v) is 5.67. The third kappa shape index (κ3) is 2.25. The average molecular weight is 248 g/mol. The Hall–Kier alpha value is -1.78. The Bertz CT molecular complexity index is 508. The summed E-state index contributed by atoms with van der Waals surface area (Å²) in [5.41, 5.74) is -0.154. The molecule has 0 atom stereocenters. The fraction of sp³-hybridized carbons (Fsp3) is 0.538. The van der Waals surface area contributed by atoms with Crippen LogP contribution < -0.4 is 0 Å². The lowest BCUT2D eigenvalue weighted by Crippen LogP contribution is -2.41. The number of hydrogen-bond donors (Lipinski definition) is 0. The van der Waals surface area contributed by atoms with E-state index >= 15 is 0 Å². The molecule has 1 fully saturated rings. The van der Waals surface area contributed by atoms with Gasteiger partial charge in [0.1, 0.15) is 11.6 Å². The van der Waals surface area contributed by atoms with Crippen LogP contribution in [0, 0.1) is 11.3 Å². The molecule has 0 radical (unpaired) electrons. The maximum Gasteiger partial charge on any atom is 0.200 e. The Morgan fingerprint density at radius 2 is 1.89 bits per heavy atom. The second kappa shape index (κ2) is 4.15. The van der Waals surface area contributed by atoms with E-state index in [0.717, 1.165) is 0 Å². The number of carbonyl (C=O) groups is 3. The lowest BCUT2D eigenvalue weighted by Gasteiger charge is -2.30. The van der Waals surface area contributed by atoms with Gasteiger partial charge < -0.3 is 4.57 Å². The summed E-state index contributed by atoms with van der Waals surface area (Å²) in [6.45, 7) is 3.73. The summed E-state index contributed by atoms with van der Waals surface area (Å²) < 4.78 is 1.62. The van der Waals surface area contributed by atoms with Crippen LogP contribution in [0.4, 0.5) is 0 Å². The summed E-state index contributed by atoms with van der Waals surface area (Å²) in [7, 11) is 1.73. The number of aromatic nitrogens is 2. The second-order valence-electron chi connectivity index (χ2n) is 5.67. The first-order valence-electron chi connectivity index (χ1n) is 5.88. The van der Waals surface area contributed by atoms with Crippen LogP contribution in [-0.4, -0.2) is 26.9 Å². The Labute approximate surface area is 105 Å². The van der Waals surface area contributed by atoms with E-state index in [1.54, 1.807) is 11.6 Å². The van der Waals surface area contributed by atoms with Crippen LogP contribution in [0.25, 0.3) is 0 Å². The number of nitrogens with zero attached hydrogens (tertiary/aromatic N) is 2. The van der Waals surface area contributed by atoms with Crippen molar-refractivity contribution in [3.8, 4) is 0 Å². The van der Waals surface area contributed by atoms with Gasteiger partial charge in [0.2, 0.25) is 5.78 Å². The molecule has 1 aliphatic carbocycles. The van der Waals surface area contributed by atoms with Crippen LogP contribution in [0.1, 0.15) is 37.2 Å². The quantitative estimate of drug-likeness (QED) is 0.582. The van der Waals surface area contributed by atoms with Gasteiger partial charge in [0, 0.05) is 26.1 Å². The maximum atomic E-state index is 12.1. The lowest BCUT2D eigenvalue weighted by molar-refractivity contribution is -0.137. The molecule has 1 aliphatic rings. The van der Waals surface area contributed by atoms with Crippen molar-refractivity contribution < 1.29 is 14.4 Å². The van der Waals surface area contributed by atoms with Gasteiger partial charge in [-0.15, -0.1) is 0 Å². The molecular formula is C13H16N2O3. The predicted octanol–water partition coefficient (Wildman–Crippen LogP) is 1.18. The van der Waals surface area contributed by atoms with E-state index < -0.39 is 11.7 Å². The van der Waals surface area contributed by atoms with Crippen LogP contribution in [0.5, 0.6) is 0 Å². The molecule has 0 saturated heterocycles. The first kappa shape index (κ1) is 12.7. The van der Waals surface area contributed by atoms with Gasteiger partial charge in [-0.25, -0.2) is 4.98 Å². The number of ketones is 3. The molecule has 0 aromatic carbocycles. The van der Waals surface area contributed by atoms with E-state index in [1.165, 1.54) is 12.5 Å². The smallest absolute Gasteiger partial charge is 0.200 e. The number of Topliss-reactive ketones (excluding diaryl/α,β-unsaturated/α-hetero) is 3. The van der Waals surface area contributed by atoms with E-state index in [1.807, 2.05) is 13.8 Å². The van der Waals surface area contributed by atoms with Gasteiger partial charge in [0.25, 0.3) is 0 Å². The Morgan fingerprint density at radius 1 is 1.33 bits per heavy atom. The van der Waals surface area contributed by atoms with E-state index in [0.29, 0.717) is 0 Å². The van der Waals surface area contributed by atoms with Crippen molar-refractivity contribution in [2.45, 2.75) is 26.7 Å². The predicted molar refractivity (Wildman–Crippen MR) is 64.1 cm³/mol. The monoisotopic (exact) mass is 248 g/mol. The molecule has 2 rings (SSSR count). The standard InChI is InChI=1S/C13H16N2O3/c1-13(2)4-9(16)11(10(17)5-13)12(18)8-6-15(3)7-14-8/h6-7,11H,4-5H2,1-3H3. The third-order valence-corrected chi connectivity index (χ3v) is 3.17. The van der Waals surface area contributed by atoms with Crippen LogP contribution in [0.15, 0.2) is 12.5 Å². The molecule has 0 amide bonds. The molecule has 0 N–H and O–H groups in total. The van der Waals surface area contributed by atoms with E-state index in [9.17, 15) is 14.4 Å². The minimum atomic E-state index is -1.15. The number of carbonyl (C=O) groups excluding carboxylic acids is 3. The third-order valence-electron chi connectivity index (χ3n) is 3.17. The molecule has 5 nitrogen and oxygen atoms in total. The van der Waals surface area contributed by atoms with Crippen molar-refractivity contribution in [3.05, 3.63) is 18.2 Å². The fourth-order valence-corrected chi connectivity index (χ4v) is 2.37. The molecule has 1 saturated carbocycles. The highest BCUT2D eigenvalue weighted by molar-refractivity contribution is 6.24. The minimum absolute atomic E-state index is 0.184. The summed E-state index contributed by atoms with van der Waals surface area (Å²) >= 11 is 0. The van der Waals surface area contributed by atoms with Gasteiger partial charge in [0.05, 0.1) is 6.33 Å². The average Bonchev–Trinajstić information content (AvgIpc) is 2.61. The zero-order valence-electron chi connectivity index (χ0n) is 10.8. The van der Waals surface area contributed by atoms with Gasteiger partial charge in [0.15, 0.2) is 11.6 Å². The zero-order chi connectivity index (χ0) is 13.5. The fourth-order valence-electron chi connectivity index (χ4n) is 2.37. The molecule has 0 bridgehead atoms. The van der Waals surface area contributed by atoms with Gasteiger partial charge >= 0.3 is 0 Å². The van der Waals surface area contributed by atoms with Crippen molar-refractivity contribution in [3.63, 3.8) is 0 Å². The molecule has 1 aromatic heterocycles. The number of imidazole rings is 1. The Balaban J connectivity index is 2.26. The molecule has 0 unspecified atom stereocenters. The number of rotatable bonds is 2. The highest BCUT2D eigenvalue weighted by atomic mass is 16.2. The highest BCUT2D eigenvalue weighted by Gasteiger charge is 2.44. The SMILES string of the molecule is Cn1cnc(C(=O)C2C(=O)CC(C)(C)CC2=O)c1. The van der Waals surface area contributed by atoms with Crippen LogP contribution in [-0.2, 0) is 16.6 Å². The van der Waals surface area contributed by atoms with Crippen LogP contribution in [0.3, 0.4) is 0 Å². The van der Waals surface area contributed by atoms with E-state index in [4.69, 9.17) is 0 Å². The minimum Gasteiger partial charge on any atom is -0.340 e. The van der Waals surface area contributed by atoms with Gasteiger partial charge in [-0.2, -0.15) is 0 Å². The van der Waals surface area contributed by atoms with E-state index in [2.05, 4.69) is 4.98 Å². The largest absolute Gasteiger partial charge is 0.340 e. The van der Waals surface area contributed by atoms with Crippen molar-refractivity contribution in [1.82, 2.24) is 9.55 Å². The number of aryl methyl sites for hydroxylation is 1. The van der Waals surface area contributed by atoms with Crippen molar-refractivity contribution in [2.24, 2.45) is 18.4 Å². The zero-order valence-corrected chi connectivity index (χ0v) is 10.8. The molecule has 0 aliphatic heterocycles. The van der Waals surface area contributed by atoms with Gasteiger partial charge in [-0.1, -0.05) is 13.8 Å². The van der Waals surface area contributed by atoms with Crippen molar-refractivity contribution in [1.29, 1.82) is 0 Å². The molecule has 96 valence electrons. The molecule has 1 aromatic rings. The molecule has 1 heterocycles. The molecule has 0 spiro atoms. The Kier molecular flexibility index (Phi) is 2.92.